The summed E-state index contributed by atoms with van der Waals surface area (Å²) in [5.74, 6) is -0.320. The first kappa shape index (κ1) is 21.1. The molecule has 1 fully saturated rings. The number of nitrogens with one attached hydrogen (secondary N) is 2. The zero-order valence-electron chi connectivity index (χ0n) is 17.1. The van der Waals surface area contributed by atoms with Crippen LogP contribution in [0.1, 0.15) is 35.7 Å². The van der Waals surface area contributed by atoms with Crippen LogP contribution in [0.3, 0.4) is 0 Å². The summed E-state index contributed by atoms with van der Waals surface area (Å²) in [6, 6.07) is 19.3. The lowest BCUT2D eigenvalue weighted by molar-refractivity contribution is -0.144. The number of carbonyl (C=O) groups is 2. The molecule has 0 aliphatic carbocycles. The number of hydrogen-bond donors (Lipinski definition) is 2. The third-order valence-corrected chi connectivity index (χ3v) is 6.36. The second kappa shape index (κ2) is 9.75. The number of likely N-dealkylation sites (tertiary alicyclic amines) is 1. The minimum Gasteiger partial charge on any atom is -0.355 e. The largest absolute Gasteiger partial charge is 0.355 e. The molecule has 1 saturated heterocycles. The predicted molar refractivity (Wildman–Crippen MR) is 121 cm³/mol. The number of thiazole rings is 1. The van der Waals surface area contributed by atoms with Crippen LogP contribution in [0.4, 0.5) is 0 Å². The minimum absolute atomic E-state index is 0.0583. The van der Waals surface area contributed by atoms with E-state index in [2.05, 4.69) is 10.3 Å². The van der Waals surface area contributed by atoms with Crippen molar-refractivity contribution < 1.29 is 9.59 Å². The molecule has 0 unspecified atom stereocenters. The van der Waals surface area contributed by atoms with Crippen LogP contribution in [0.25, 0.3) is 0 Å². The van der Waals surface area contributed by atoms with Gasteiger partial charge in [-0.15, -0.1) is 0 Å². The summed E-state index contributed by atoms with van der Waals surface area (Å²) in [4.78, 5) is 41.9. The standard InChI is InChI=1S/C24H25N3O3S/c28-21-12-11-20(23(29)25-14-13-19-16-31-24(30)26-19)22(18-9-5-2-6-10-18)27(21)15-17-7-3-1-4-8-17/h1-10,16,20,22H,11-15H2,(H,25,29)(H,26,30)/t20-,22+/m0/s1. The molecule has 2 amide bonds. The molecule has 0 saturated carbocycles. The Morgan fingerprint density at radius 2 is 1.77 bits per heavy atom. The Bertz CT molecular complexity index is 1080. The van der Waals surface area contributed by atoms with Gasteiger partial charge in [0.05, 0.1) is 12.0 Å². The Hall–Kier alpha value is -3.19. The molecular weight excluding hydrogens is 410 g/mol. The van der Waals surface area contributed by atoms with Gasteiger partial charge in [-0.3, -0.25) is 14.4 Å². The van der Waals surface area contributed by atoms with Crippen LogP contribution < -0.4 is 10.2 Å². The Balaban J connectivity index is 1.53. The van der Waals surface area contributed by atoms with Gasteiger partial charge in [0.1, 0.15) is 0 Å². The molecule has 3 aromatic rings. The molecule has 7 heteroatoms. The van der Waals surface area contributed by atoms with Gasteiger partial charge in [0.25, 0.3) is 0 Å². The lowest BCUT2D eigenvalue weighted by atomic mass is 9.83. The number of nitrogens with zero attached hydrogens (tertiary/aromatic N) is 1. The van der Waals surface area contributed by atoms with Crippen LogP contribution in [0.5, 0.6) is 0 Å². The normalized spacial score (nSPS) is 18.7. The van der Waals surface area contributed by atoms with Crippen LogP contribution in [0.15, 0.2) is 70.8 Å². The van der Waals surface area contributed by atoms with Crippen molar-refractivity contribution >= 4 is 23.2 Å². The number of piperidine rings is 1. The van der Waals surface area contributed by atoms with Gasteiger partial charge >= 0.3 is 4.87 Å². The van der Waals surface area contributed by atoms with Gasteiger partial charge in [0.15, 0.2) is 0 Å². The highest BCUT2D eigenvalue weighted by Gasteiger charge is 2.40. The van der Waals surface area contributed by atoms with Crippen molar-refractivity contribution in [1.82, 2.24) is 15.2 Å². The first-order valence-electron chi connectivity index (χ1n) is 10.4. The van der Waals surface area contributed by atoms with E-state index in [1.54, 1.807) is 5.38 Å². The van der Waals surface area contributed by atoms with E-state index in [4.69, 9.17) is 0 Å². The number of amides is 2. The van der Waals surface area contributed by atoms with Crippen molar-refractivity contribution in [2.45, 2.75) is 31.8 Å². The fourth-order valence-corrected chi connectivity index (χ4v) is 4.76. The zero-order chi connectivity index (χ0) is 21.6. The summed E-state index contributed by atoms with van der Waals surface area (Å²) in [5, 5.41) is 4.79. The van der Waals surface area contributed by atoms with E-state index in [1.165, 1.54) is 0 Å². The van der Waals surface area contributed by atoms with Crippen LogP contribution in [0.2, 0.25) is 0 Å². The quantitative estimate of drug-likeness (QED) is 0.598. The lowest BCUT2D eigenvalue weighted by Gasteiger charge is -2.41. The maximum absolute atomic E-state index is 13.2. The van der Waals surface area contributed by atoms with E-state index in [-0.39, 0.29) is 28.6 Å². The molecule has 1 aliphatic heterocycles. The second-order valence-electron chi connectivity index (χ2n) is 7.72. The molecular formula is C24H25N3O3S. The maximum Gasteiger partial charge on any atom is 0.304 e. The van der Waals surface area contributed by atoms with Gasteiger partial charge in [-0.05, 0) is 17.5 Å². The van der Waals surface area contributed by atoms with Crippen molar-refractivity contribution in [3.63, 3.8) is 0 Å². The Labute approximate surface area is 184 Å². The molecule has 6 nitrogen and oxygen atoms in total. The van der Waals surface area contributed by atoms with E-state index < -0.39 is 0 Å². The topological polar surface area (TPSA) is 82.3 Å². The van der Waals surface area contributed by atoms with Crippen molar-refractivity contribution in [3.05, 3.63) is 92.5 Å². The van der Waals surface area contributed by atoms with E-state index in [0.29, 0.717) is 32.4 Å². The van der Waals surface area contributed by atoms with Crippen molar-refractivity contribution in [2.24, 2.45) is 5.92 Å². The molecule has 1 aliphatic rings. The highest BCUT2D eigenvalue weighted by Crippen LogP contribution is 2.37. The molecule has 1 aromatic heterocycles. The molecule has 160 valence electrons. The molecule has 4 rings (SSSR count). The number of rotatable bonds is 7. The monoisotopic (exact) mass is 435 g/mol. The number of aromatic amines is 1. The molecule has 31 heavy (non-hydrogen) atoms. The number of benzene rings is 2. The fraction of sp³-hybridized carbons (Fsp3) is 0.292. The molecule has 2 atom stereocenters. The van der Waals surface area contributed by atoms with E-state index in [9.17, 15) is 14.4 Å². The van der Waals surface area contributed by atoms with Crippen molar-refractivity contribution in [2.75, 3.05) is 6.54 Å². The molecule has 2 heterocycles. The van der Waals surface area contributed by atoms with Gasteiger partial charge in [0, 0.05) is 37.0 Å². The first-order chi connectivity index (χ1) is 15.1. The number of carbonyl (C=O) groups excluding carboxylic acids is 2. The Morgan fingerprint density at radius 1 is 1.06 bits per heavy atom. The van der Waals surface area contributed by atoms with Crippen LogP contribution >= 0.6 is 11.3 Å². The van der Waals surface area contributed by atoms with Crippen LogP contribution in [-0.4, -0.2) is 28.2 Å². The highest BCUT2D eigenvalue weighted by atomic mass is 32.1. The molecule has 0 radical (unpaired) electrons. The Morgan fingerprint density at radius 3 is 2.45 bits per heavy atom. The SMILES string of the molecule is O=C(NCCc1csc(=O)[nH]1)[C@H]1CCC(=O)N(Cc2ccccc2)[C@@H]1c1ccccc1. The third kappa shape index (κ3) is 5.11. The number of aromatic nitrogens is 1. The average molecular weight is 436 g/mol. The van der Waals surface area contributed by atoms with Crippen LogP contribution in [0, 0.1) is 5.92 Å². The number of hydrogen-bond acceptors (Lipinski definition) is 4. The summed E-state index contributed by atoms with van der Waals surface area (Å²) >= 11 is 1.12. The Kier molecular flexibility index (Phi) is 6.62. The van der Waals surface area contributed by atoms with E-state index in [0.717, 1.165) is 28.2 Å². The second-order valence-corrected chi connectivity index (χ2v) is 8.56. The van der Waals surface area contributed by atoms with E-state index in [1.807, 2.05) is 65.6 Å². The number of H-pyrrole nitrogens is 1. The van der Waals surface area contributed by atoms with Gasteiger partial charge in [-0.2, -0.15) is 0 Å². The van der Waals surface area contributed by atoms with Crippen molar-refractivity contribution in [1.29, 1.82) is 0 Å². The molecule has 0 spiro atoms. The molecule has 2 N–H and O–H groups in total. The third-order valence-electron chi connectivity index (χ3n) is 5.64. The summed E-state index contributed by atoms with van der Waals surface area (Å²) in [6.07, 6.45) is 1.44. The lowest BCUT2D eigenvalue weighted by Crippen LogP contribution is -2.48. The smallest absolute Gasteiger partial charge is 0.304 e. The molecule has 2 aromatic carbocycles. The van der Waals surface area contributed by atoms with Gasteiger partial charge in [-0.1, -0.05) is 72.0 Å². The van der Waals surface area contributed by atoms with Gasteiger partial charge < -0.3 is 15.2 Å². The summed E-state index contributed by atoms with van der Waals surface area (Å²) < 4.78 is 0. The first-order valence-corrected chi connectivity index (χ1v) is 11.3. The predicted octanol–water partition coefficient (Wildman–Crippen LogP) is 3.28. The van der Waals surface area contributed by atoms with Crippen molar-refractivity contribution in [3.8, 4) is 0 Å². The summed E-state index contributed by atoms with van der Waals surface area (Å²) in [6.45, 7) is 0.912. The summed E-state index contributed by atoms with van der Waals surface area (Å²) in [5.41, 5.74) is 2.83. The fourth-order valence-electron chi connectivity index (χ4n) is 4.14. The van der Waals surface area contributed by atoms with Gasteiger partial charge in [0.2, 0.25) is 11.8 Å². The highest BCUT2D eigenvalue weighted by molar-refractivity contribution is 7.07. The zero-order valence-corrected chi connectivity index (χ0v) is 17.9. The maximum atomic E-state index is 13.2. The van der Waals surface area contributed by atoms with Gasteiger partial charge in [-0.25, -0.2) is 0 Å². The average Bonchev–Trinajstić information content (AvgIpc) is 3.21. The molecule has 0 bridgehead atoms. The summed E-state index contributed by atoms with van der Waals surface area (Å²) in [7, 11) is 0. The minimum atomic E-state index is -0.328. The van der Waals surface area contributed by atoms with Crippen LogP contribution in [-0.2, 0) is 22.6 Å². The van der Waals surface area contributed by atoms with E-state index >= 15 is 0 Å².